The van der Waals surface area contributed by atoms with E-state index in [2.05, 4.69) is 15.5 Å². The molecule has 0 atom stereocenters. The van der Waals surface area contributed by atoms with E-state index in [9.17, 15) is 17.6 Å². The van der Waals surface area contributed by atoms with E-state index >= 15 is 0 Å². The number of thiazole rings is 1. The van der Waals surface area contributed by atoms with E-state index < -0.39 is 15.8 Å². The molecule has 2 aromatic carbocycles. The SMILES string of the molecule is Cc1noc(/C=C/c2ccccc2F)c1S(=O)(=O)N1CCC(C(=O)Nc2nc3ccc(Cl)cc3s2)CC1. The van der Waals surface area contributed by atoms with Crippen LogP contribution in [0.3, 0.4) is 0 Å². The number of benzene rings is 2. The normalized spacial score (nSPS) is 15.5. The number of halogens is 2. The number of hydrogen-bond acceptors (Lipinski definition) is 7. The Morgan fingerprint density at radius 1 is 1.22 bits per heavy atom. The summed E-state index contributed by atoms with van der Waals surface area (Å²) in [6.45, 7) is 1.87. The number of amides is 1. The van der Waals surface area contributed by atoms with Crippen molar-refractivity contribution in [3.63, 3.8) is 0 Å². The van der Waals surface area contributed by atoms with Crippen LogP contribution in [0, 0.1) is 18.7 Å². The van der Waals surface area contributed by atoms with Crippen LogP contribution in [0.2, 0.25) is 5.02 Å². The van der Waals surface area contributed by atoms with Gasteiger partial charge in [-0.15, -0.1) is 0 Å². The molecule has 0 unspecified atom stereocenters. The molecular weight excluding hydrogens is 539 g/mol. The molecule has 0 saturated carbocycles. The first-order chi connectivity index (χ1) is 17.7. The van der Waals surface area contributed by atoms with E-state index in [0.717, 1.165) is 10.2 Å². The van der Waals surface area contributed by atoms with Crippen LogP contribution in [0.25, 0.3) is 22.4 Å². The first kappa shape index (κ1) is 25.5. The molecule has 12 heteroatoms. The molecule has 1 aliphatic heterocycles. The molecule has 0 spiro atoms. The van der Waals surface area contributed by atoms with Gasteiger partial charge in [0.15, 0.2) is 15.8 Å². The number of hydrogen-bond donors (Lipinski definition) is 1. The maximum Gasteiger partial charge on any atom is 0.248 e. The summed E-state index contributed by atoms with van der Waals surface area (Å²) in [4.78, 5) is 17.2. The Labute approximate surface area is 221 Å². The second kappa shape index (κ2) is 10.3. The Balaban J connectivity index is 1.27. The predicted molar refractivity (Wildman–Crippen MR) is 141 cm³/mol. The fourth-order valence-electron chi connectivity index (χ4n) is 4.22. The van der Waals surface area contributed by atoms with Crippen LogP contribution in [-0.4, -0.2) is 41.9 Å². The summed E-state index contributed by atoms with van der Waals surface area (Å²) < 4.78 is 48.3. The molecule has 2 aromatic heterocycles. The molecule has 1 fully saturated rings. The van der Waals surface area contributed by atoms with Crippen LogP contribution in [0.5, 0.6) is 0 Å². The number of nitrogens with one attached hydrogen (secondary N) is 1. The number of aryl methyl sites for hydroxylation is 1. The lowest BCUT2D eigenvalue weighted by Gasteiger charge is -2.30. The lowest BCUT2D eigenvalue weighted by molar-refractivity contribution is -0.120. The van der Waals surface area contributed by atoms with E-state index in [1.165, 1.54) is 33.9 Å². The van der Waals surface area contributed by atoms with Gasteiger partial charge in [0.05, 0.1) is 10.2 Å². The van der Waals surface area contributed by atoms with Crippen molar-refractivity contribution < 1.29 is 22.1 Å². The predicted octanol–water partition coefficient (Wildman–Crippen LogP) is 5.60. The summed E-state index contributed by atoms with van der Waals surface area (Å²) in [6.07, 6.45) is 3.55. The summed E-state index contributed by atoms with van der Waals surface area (Å²) >= 11 is 7.36. The number of fused-ring (bicyclic) bond motifs is 1. The minimum atomic E-state index is -3.95. The van der Waals surface area contributed by atoms with E-state index in [4.69, 9.17) is 16.1 Å². The van der Waals surface area contributed by atoms with Crippen molar-refractivity contribution in [2.75, 3.05) is 18.4 Å². The van der Waals surface area contributed by atoms with Crippen molar-refractivity contribution in [1.82, 2.24) is 14.4 Å². The third-order valence-corrected chi connectivity index (χ3v) is 9.38. The highest BCUT2D eigenvalue weighted by Gasteiger charge is 2.36. The fraction of sp³-hybridized carbons (Fsp3) is 0.240. The third kappa shape index (κ3) is 5.30. The van der Waals surface area contributed by atoms with Gasteiger partial charge < -0.3 is 9.84 Å². The molecule has 0 bridgehead atoms. The second-order valence-corrected chi connectivity index (χ2v) is 12.0. The standard InChI is InChI=1S/C25H22ClFN4O4S2/c1-15-23(21(35-30-15)9-6-16-4-2-3-5-19(16)27)37(33,34)31-12-10-17(11-13-31)24(32)29-25-28-20-8-7-18(26)14-22(20)36-25/h2-9,14,17H,10-13H2,1H3,(H,28,29,32)/b9-6+. The summed E-state index contributed by atoms with van der Waals surface area (Å²) in [5.74, 6) is -0.964. The lowest BCUT2D eigenvalue weighted by Crippen LogP contribution is -2.41. The van der Waals surface area contributed by atoms with Crippen molar-refractivity contribution in [3.8, 4) is 0 Å². The maximum absolute atomic E-state index is 14.0. The van der Waals surface area contributed by atoms with Crippen LogP contribution < -0.4 is 5.32 Å². The fourth-order valence-corrected chi connectivity index (χ4v) is 7.09. The number of piperidine rings is 1. The van der Waals surface area contributed by atoms with E-state index in [-0.39, 0.29) is 41.3 Å². The number of carbonyl (C=O) groups excluding carboxylic acids is 1. The average Bonchev–Trinajstić information content (AvgIpc) is 3.45. The summed E-state index contributed by atoms with van der Waals surface area (Å²) in [6, 6.07) is 11.5. The van der Waals surface area contributed by atoms with E-state index in [1.54, 1.807) is 43.3 Å². The zero-order valence-electron chi connectivity index (χ0n) is 19.6. The molecule has 8 nitrogen and oxygen atoms in total. The highest BCUT2D eigenvalue weighted by molar-refractivity contribution is 7.89. The van der Waals surface area contributed by atoms with E-state index in [0.29, 0.717) is 28.6 Å². The molecule has 5 rings (SSSR count). The first-order valence-electron chi connectivity index (χ1n) is 11.5. The van der Waals surface area contributed by atoms with Gasteiger partial charge in [0.2, 0.25) is 15.9 Å². The van der Waals surface area contributed by atoms with Crippen molar-refractivity contribution >= 4 is 66.4 Å². The number of rotatable bonds is 6. The van der Waals surface area contributed by atoms with Crippen LogP contribution in [-0.2, 0) is 14.8 Å². The van der Waals surface area contributed by atoms with Gasteiger partial charge in [-0.2, -0.15) is 4.31 Å². The van der Waals surface area contributed by atoms with Gasteiger partial charge in [-0.05, 0) is 56.2 Å². The Morgan fingerprint density at radius 2 is 1.97 bits per heavy atom. The smallest absolute Gasteiger partial charge is 0.248 e. The zero-order valence-corrected chi connectivity index (χ0v) is 22.0. The Hall–Kier alpha value is -3.12. The third-order valence-electron chi connectivity index (χ3n) is 6.16. The second-order valence-electron chi connectivity index (χ2n) is 8.61. The van der Waals surface area contributed by atoms with Gasteiger partial charge >= 0.3 is 0 Å². The van der Waals surface area contributed by atoms with Crippen molar-refractivity contribution in [2.45, 2.75) is 24.7 Å². The molecule has 1 amide bonds. The minimum absolute atomic E-state index is 0.0246. The van der Waals surface area contributed by atoms with Crippen LogP contribution in [0.4, 0.5) is 9.52 Å². The van der Waals surface area contributed by atoms with Crippen molar-refractivity contribution in [2.24, 2.45) is 5.92 Å². The molecule has 3 heterocycles. The molecule has 37 heavy (non-hydrogen) atoms. The van der Waals surface area contributed by atoms with Gasteiger partial charge in [0, 0.05) is 29.6 Å². The van der Waals surface area contributed by atoms with Crippen LogP contribution in [0.1, 0.15) is 29.9 Å². The molecule has 0 radical (unpaired) electrons. The highest BCUT2D eigenvalue weighted by atomic mass is 35.5. The van der Waals surface area contributed by atoms with Gasteiger partial charge in [0.25, 0.3) is 0 Å². The number of aromatic nitrogens is 2. The van der Waals surface area contributed by atoms with E-state index in [1.807, 2.05) is 0 Å². The first-order valence-corrected chi connectivity index (χ1v) is 14.1. The van der Waals surface area contributed by atoms with Gasteiger partial charge in [0.1, 0.15) is 11.5 Å². The van der Waals surface area contributed by atoms with Crippen molar-refractivity contribution in [3.05, 3.63) is 70.3 Å². The van der Waals surface area contributed by atoms with Gasteiger partial charge in [-0.1, -0.05) is 46.3 Å². The highest BCUT2D eigenvalue weighted by Crippen LogP contribution is 2.31. The summed E-state index contributed by atoms with van der Waals surface area (Å²) in [5, 5.41) is 7.74. The monoisotopic (exact) mass is 560 g/mol. The Kier molecular flexibility index (Phi) is 7.13. The lowest BCUT2D eigenvalue weighted by atomic mass is 9.97. The Bertz CT molecular complexity index is 1610. The average molecular weight is 561 g/mol. The Morgan fingerprint density at radius 3 is 2.73 bits per heavy atom. The molecule has 4 aromatic rings. The number of sulfonamides is 1. The quantitative estimate of drug-likeness (QED) is 0.329. The maximum atomic E-state index is 14.0. The minimum Gasteiger partial charge on any atom is -0.355 e. The number of carbonyl (C=O) groups is 1. The largest absolute Gasteiger partial charge is 0.355 e. The van der Waals surface area contributed by atoms with Gasteiger partial charge in [-0.25, -0.2) is 17.8 Å². The van der Waals surface area contributed by atoms with Crippen LogP contribution >= 0.6 is 22.9 Å². The molecule has 1 aliphatic rings. The topological polar surface area (TPSA) is 105 Å². The van der Waals surface area contributed by atoms with Crippen LogP contribution in [0.15, 0.2) is 51.9 Å². The molecule has 0 aliphatic carbocycles. The molecule has 1 saturated heterocycles. The molecular formula is C25H22ClFN4O4S2. The summed E-state index contributed by atoms with van der Waals surface area (Å²) in [5.41, 5.74) is 1.25. The summed E-state index contributed by atoms with van der Waals surface area (Å²) in [7, 11) is -3.95. The van der Waals surface area contributed by atoms with Crippen molar-refractivity contribution in [1.29, 1.82) is 0 Å². The number of nitrogens with zero attached hydrogens (tertiary/aromatic N) is 3. The number of anilines is 1. The molecule has 1 N–H and O–H groups in total. The zero-order chi connectivity index (χ0) is 26.2. The van der Waals surface area contributed by atoms with Gasteiger partial charge in [-0.3, -0.25) is 4.79 Å². The molecule has 192 valence electrons.